The predicted octanol–water partition coefficient (Wildman–Crippen LogP) is 2.64. The second-order valence-electron chi connectivity index (χ2n) is 8.61. The van der Waals surface area contributed by atoms with Crippen molar-refractivity contribution in [1.29, 1.82) is 0 Å². The Labute approximate surface area is 171 Å². The lowest BCUT2D eigenvalue weighted by Gasteiger charge is -2.38. The molecule has 1 spiro atoms. The van der Waals surface area contributed by atoms with Crippen LogP contribution in [0.1, 0.15) is 37.7 Å². The topological polar surface area (TPSA) is 36.0 Å². The minimum Gasteiger partial charge on any atom is -0.379 e. The van der Waals surface area contributed by atoms with Crippen molar-refractivity contribution in [2.45, 2.75) is 44.2 Å². The van der Waals surface area contributed by atoms with Crippen LogP contribution in [0.15, 0.2) is 18.2 Å². The van der Waals surface area contributed by atoms with Crippen molar-refractivity contribution in [2.24, 2.45) is 0 Å². The molecule has 3 saturated heterocycles. The molecular weight excluding hydrogens is 376 g/mol. The minimum atomic E-state index is -0.393. The molecule has 4 rings (SSSR count). The van der Waals surface area contributed by atoms with E-state index in [1.54, 1.807) is 0 Å². The maximum Gasteiger partial charge on any atom is 0.236 e. The number of hydrogen-bond acceptors (Lipinski definition) is 4. The molecule has 0 unspecified atom stereocenters. The van der Waals surface area contributed by atoms with E-state index >= 15 is 0 Å². The van der Waals surface area contributed by atoms with E-state index in [4.69, 9.17) is 4.74 Å². The van der Waals surface area contributed by atoms with E-state index in [9.17, 15) is 13.6 Å². The van der Waals surface area contributed by atoms with Gasteiger partial charge in [-0.1, -0.05) is 0 Å². The molecule has 3 aliphatic rings. The van der Waals surface area contributed by atoms with Gasteiger partial charge in [0.1, 0.15) is 11.6 Å². The molecule has 7 heteroatoms. The first-order valence-corrected chi connectivity index (χ1v) is 10.8. The number of benzene rings is 1. The summed E-state index contributed by atoms with van der Waals surface area (Å²) in [5, 5.41) is 0. The SMILES string of the molecule is O=C(CN1CCOCC1)N1CCC[C@]2(CCCN2Cc2cc(F)ccc2F)CC1. The second kappa shape index (κ2) is 9.06. The predicted molar refractivity (Wildman–Crippen MR) is 106 cm³/mol. The van der Waals surface area contributed by atoms with Gasteiger partial charge in [-0.05, 0) is 56.8 Å². The summed E-state index contributed by atoms with van der Waals surface area (Å²) in [6.45, 7) is 6.35. The summed E-state index contributed by atoms with van der Waals surface area (Å²) in [5.41, 5.74) is 0.419. The number of ether oxygens (including phenoxy) is 1. The van der Waals surface area contributed by atoms with Crippen molar-refractivity contribution in [3.8, 4) is 0 Å². The second-order valence-corrected chi connectivity index (χ2v) is 8.61. The van der Waals surface area contributed by atoms with Crippen LogP contribution in [0.2, 0.25) is 0 Å². The molecule has 3 heterocycles. The van der Waals surface area contributed by atoms with Gasteiger partial charge >= 0.3 is 0 Å². The van der Waals surface area contributed by atoms with Crippen molar-refractivity contribution in [3.05, 3.63) is 35.4 Å². The van der Waals surface area contributed by atoms with Crippen LogP contribution < -0.4 is 0 Å². The summed E-state index contributed by atoms with van der Waals surface area (Å²) in [6.07, 6.45) is 5.00. The van der Waals surface area contributed by atoms with Gasteiger partial charge in [0.15, 0.2) is 0 Å². The zero-order chi connectivity index (χ0) is 20.3. The fourth-order valence-electron chi connectivity index (χ4n) is 5.16. The molecule has 1 atom stereocenters. The molecule has 5 nitrogen and oxygen atoms in total. The highest BCUT2D eigenvalue weighted by Crippen LogP contribution is 2.39. The van der Waals surface area contributed by atoms with Crippen LogP contribution in [-0.4, -0.2) is 78.6 Å². The van der Waals surface area contributed by atoms with Crippen molar-refractivity contribution < 1.29 is 18.3 Å². The standard InChI is InChI=1S/C22H31F2N3O2/c23-19-3-4-20(24)18(15-19)16-27-9-2-6-22(27)5-1-8-26(10-7-22)21(28)17-25-11-13-29-14-12-25/h3-4,15H,1-2,5-14,16-17H2/t22-/m0/s1. The van der Waals surface area contributed by atoms with Gasteiger partial charge < -0.3 is 9.64 Å². The average molecular weight is 408 g/mol. The van der Waals surface area contributed by atoms with Crippen molar-refractivity contribution in [3.63, 3.8) is 0 Å². The zero-order valence-electron chi connectivity index (χ0n) is 17.0. The molecule has 1 aromatic rings. The quantitative estimate of drug-likeness (QED) is 0.769. The van der Waals surface area contributed by atoms with Gasteiger partial charge in [0.2, 0.25) is 5.91 Å². The fraction of sp³-hybridized carbons (Fsp3) is 0.682. The van der Waals surface area contributed by atoms with Crippen LogP contribution >= 0.6 is 0 Å². The Kier molecular flexibility index (Phi) is 6.47. The molecule has 0 bridgehead atoms. The molecular formula is C22H31F2N3O2. The summed E-state index contributed by atoms with van der Waals surface area (Å²) < 4.78 is 33.2. The molecule has 1 aromatic carbocycles. The fourth-order valence-corrected chi connectivity index (χ4v) is 5.16. The maximum atomic E-state index is 14.2. The van der Waals surface area contributed by atoms with E-state index in [0.717, 1.165) is 64.8 Å². The van der Waals surface area contributed by atoms with Crippen LogP contribution in [0.3, 0.4) is 0 Å². The number of amides is 1. The highest BCUT2D eigenvalue weighted by atomic mass is 19.1. The van der Waals surface area contributed by atoms with E-state index in [2.05, 4.69) is 9.80 Å². The average Bonchev–Trinajstić information content (AvgIpc) is 2.96. The minimum absolute atomic E-state index is 0.00719. The summed E-state index contributed by atoms with van der Waals surface area (Å²) in [6, 6.07) is 3.70. The van der Waals surface area contributed by atoms with Gasteiger partial charge in [-0.25, -0.2) is 8.78 Å². The molecule has 160 valence electrons. The number of hydrogen-bond donors (Lipinski definition) is 0. The van der Waals surface area contributed by atoms with Crippen molar-refractivity contribution in [1.82, 2.24) is 14.7 Å². The Morgan fingerprint density at radius 1 is 1.00 bits per heavy atom. The first-order valence-electron chi connectivity index (χ1n) is 10.8. The largest absolute Gasteiger partial charge is 0.379 e. The third-order valence-electron chi connectivity index (χ3n) is 6.84. The Hall–Kier alpha value is -1.57. The smallest absolute Gasteiger partial charge is 0.236 e. The van der Waals surface area contributed by atoms with Crippen molar-refractivity contribution in [2.75, 3.05) is 52.5 Å². The Morgan fingerprint density at radius 3 is 2.55 bits per heavy atom. The summed E-state index contributed by atoms with van der Waals surface area (Å²) in [7, 11) is 0. The van der Waals surface area contributed by atoms with Crippen molar-refractivity contribution >= 4 is 5.91 Å². The number of rotatable bonds is 4. The normalized spacial score (nSPS) is 26.8. The summed E-state index contributed by atoms with van der Waals surface area (Å²) >= 11 is 0. The Bertz CT molecular complexity index is 726. The lowest BCUT2D eigenvalue weighted by Crippen LogP contribution is -2.46. The zero-order valence-corrected chi connectivity index (χ0v) is 17.0. The highest BCUT2D eigenvalue weighted by Gasteiger charge is 2.42. The Morgan fingerprint density at radius 2 is 1.76 bits per heavy atom. The van der Waals surface area contributed by atoms with Gasteiger partial charge in [-0.15, -0.1) is 0 Å². The van der Waals surface area contributed by atoms with E-state index in [-0.39, 0.29) is 17.3 Å². The molecule has 29 heavy (non-hydrogen) atoms. The lowest BCUT2D eigenvalue weighted by molar-refractivity contribution is -0.133. The number of morpholine rings is 1. The van der Waals surface area contributed by atoms with Gasteiger partial charge in [0, 0.05) is 43.8 Å². The molecule has 0 aromatic heterocycles. The van der Waals surface area contributed by atoms with Gasteiger partial charge in [0.25, 0.3) is 0 Å². The molecule has 3 aliphatic heterocycles. The summed E-state index contributed by atoms with van der Waals surface area (Å²) in [5.74, 6) is -0.538. The van der Waals surface area contributed by atoms with Crippen LogP contribution in [0.4, 0.5) is 8.78 Å². The van der Waals surface area contributed by atoms with E-state index in [1.165, 1.54) is 18.2 Å². The van der Waals surface area contributed by atoms with Gasteiger partial charge in [0.05, 0.1) is 19.8 Å². The van der Waals surface area contributed by atoms with Gasteiger partial charge in [-0.3, -0.25) is 14.6 Å². The lowest BCUT2D eigenvalue weighted by atomic mass is 9.87. The number of likely N-dealkylation sites (tertiary alicyclic amines) is 2. The molecule has 0 aliphatic carbocycles. The highest BCUT2D eigenvalue weighted by molar-refractivity contribution is 5.78. The van der Waals surface area contributed by atoms with Gasteiger partial charge in [-0.2, -0.15) is 0 Å². The first-order chi connectivity index (χ1) is 14.1. The van der Waals surface area contributed by atoms with E-state index < -0.39 is 5.82 Å². The number of halogens is 2. The van der Waals surface area contributed by atoms with E-state index in [1.807, 2.05) is 4.90 Å². The molecule has 1 amide bonds. The van der Waals surface area contributed by atoms with Crippen LogP contribution in [0, 0.1) is 11.6 Å². The molecule has 0 saturated carbocycles. The van der Waals surface area contributed by atoms with Crippen LogP contribution in [0.25, 0.3) is 0 Å². The third-order valence-corrected chi connectivity index (χ3v) is 6.84. The summed E-state index contributed by atoms with van der Waals surface area (Å²) in [4.78, 5) is 19.3. The number of carbonyl (C=O) groups excluding carboxylic acids is 1. The number of carbonyl (C=O) groups is 1. The first kappa shape index (κ1) is 20.7. The monoisotopic (exact) mass is 407 g/mol. The molecule has 0 N–H and O–H groups in total. The van der Waals surface area contributed by atoms with E-state index in [0.29, 0.717) is 31.9 Å². The Balaban J connectivity index is 1.39. The van der Waals surface area contributed by atoms with Crippen LogP contribution in [-0.2, 0) is 16.1 Å². The molecule has 3 fully saturated rings. The maximum absolute atomic E-state index is 14.2. The third kappa shape index (κ3) is 4.78. The molecule has 0 radical (unpaired) electrons. The van der Waals surface area contributed by atoms with Crippen LogP contribution in [0.5, 0.6) is 0 Å². The number of nitrogens with zero attached hydrogens (tertiary/aromatic N) is 3.